The minimum atomic E-state index is -0.0226. The van der Waals surface area contributed by atoms with Crippen LogP contribution in [0.3, 0.4) is 0 Å². The van der Waals surface area contributed by atoms with Gasteiger partial charge in [0.15, 0.2) is 5.58 Å². The minimum Gasteiger partial charge on any atom is -0.508 e. The van der Waals surface area contributed by atoms with Crippen LogP contribution in [0.2, 0.25) is 0 Å². The highest BCUT2D eigenvalue weighted by Gasteiger charge is 2.26. The second kappa shape index (κ2) is 38.9. The van der Waals surface area contributed by atoms with Crippen molar-refractivity contribution in [1.82, 2.24) is 4.98 Å². The standard InChI is InChI=1S/C23H29NO2.C14H22O.S30/c1-14-11-16(25-8)9-10-17(14)21-24-19-13-15(22(2,3)4)12-18(20(19)26-21)23(5,6)7;1-13(2,3)10-7-11(14(4,5)6)9-12(15)8-10;1-3-5-7-9-11-13-15-17-19-21-23-25-27-29-30-28-26-24-22-20-18-16-14-12-10-8-6-4-2/h9-13H,1-8H3;7-9,15H,1-6H3;. The lowest BCUT2D eigenvalue weighted by molar-refractivity contribution is 0.414. The zero-order valence-electron chi connectivity index (χ0n) is 40.1. The Morgan fingerprint density at radius 3 is 1.08 bits per heavy atom. The molecule has 1 aromatic heterocycles. The number of aryl methyl sites for hydroxylation is 1. The van der Waals surface area contributed by atoms with E-state index in [1.54, 1.807) is 131 Å². The number of rotatable bonds is 2. The van der Waals surface area contributed by atoms with E-state index in [2.05, 4.69) is 108 Å². The molecule has 0 unspecified atom stereocenters. The van der Waals surface area contributed by atoms with Crippen molar-refractivity contribution in [2.24, 2.45) is 0 Å². The van der Waals surface area contributed by atoms with Crippen LogP contribution in [-0.2, 0) is 293 Å². The summed E-state index contributed by atoms with van der Waals surface area (Å²) in [6, 6.07) is 16.3. The molecule has 0 spiro atoms. The van der Waals surface area contributed by atoms with Gasteiger partial charge >= 0.3 is 0 Å². The summed E-state index contributed by atoms with van der Waals surface area (Å²) in [5.41, 5.74) is 8.95. The molecular weight excluding hydrogens is 1470 g/mol. The van der Waals surface area contributed by atoms with E-state index in [0.717, 1.165) is 28.0 Å². The van der Waals surface area contributed by atoms with Gasteiger partial charge in [0.25, 0.3) is 0 Å². The molecule has 0 aliphatic heterocycles. The van der Waals surface area contributed by atoms with Gasteiger partial charge in [-0.2, -0.15) is 0 Å². The van der Waals surface area contributed by atoms with Crippen molar-refractivity contribution < 1.29 is 14.3 Å². The van der Waals surface area contributed by atoms with E-state index in [4.69, 9.17) is 36.5 Å². The van der Waals surface area contributed by atoms with E-state index >= 15 is 0 Å². The summed E-state index contributed by atoms with van der Waals surface area (Å²) in [7, 11) is 50.8. The molecule has 0 atom stereocenters. The topological polar surface area (TPSA) is 55.5 Å². The van der Waals surface area contributed by atoms with Crippen LogP contribution < -0.4 is 4.74 Å². The molecule has 0 bridgehead atoms. The average Bonchev–Trinajstić information content (AvgIpc) is 3.73. The van der Waals surface area contributed by atoms with Gasteiger partial charge in [-0.05, 0) is 87.2 Å². The van der Waals surface area contributed by atoms with Crippen LogP contribution in [0.15, 0.2) is 52.9 Å². The van der Waals surface area contributed by atoms with Gasteiger partial charge in [-0.3, -0.25) is 0 Å². The number of nitrogens with zero attached hydrogens (tertiary/aromatic N) is 1. The summed E-state index contributed by atoms with van der Waals surface area (Å²) in [6.07, 6.45) is 0. The van der Waals surface area contributed by atoms with Crippen molar-refractivity contribution in [1.29, 1.82) is 0 Å². The van der Waals surface area contributed by atoms with Gasteiger partial charge in [-0.15, -0.1) is 0 Å². The molecule has 0 saturated carbocycles. The van der Waals surface area contributed by atoms with Crippen molar-refractivity contribution in [3.05, 3.63) is 76.3 Å². The number of fused-ring (bicyclic) bond motifs is 1. The summed E-state index contributed by atoms with van der Waals surface area (Å²) in [6.45, 7) is 28.4. The number of benzene rings is 3. The predicted octanol–water partition coefficient (Wildman–Crippen LogP) is 10.3. The Balaban J connectivity index is 0.000000383. The predicted molar refractivity (Wildman–Crippen MR) is 395 cm³/mol. The average molecular weight is 1520 g/mol. The van der Waals surface area contributed by atoms with Crippen LogP contribution in [0, 0.1) is 6.92 Å². The van der Waals surface area contributed by atoms with Gasteiger partial charge in [-0.1, -0.05) is 95.2 Å². The molecule has 3 aromatic carbocycles. The molecule has 4 aromatic rings. The fraction of sp³-hybridized carbons (Fsp3) is 0.486. The third kappa shape index (κ3) is 31.2. The van der Waals surface area contributed by atoms with Gasteiger partial charge in [0.05, 0.1) is 7.11 Å². The molecule has 0 radical (unpaired) electrons. The van der Waals surface area contributed by atoms with Crippen LogP contribution >= 0.6 is 0 Å². The van der Waals surface area contributed by atoms with Crippen LogP contribution in [0.25, 0.3) is 22.6 Å². The number of aromatic hydroxyl groups is 1. The summed E-state index contributed by atoms with van der Waals surface area (Å²) < 4.78 is 11.6. The maximum Gasteiger partial charge on any atom is 0.227 e. The van der Waals surface area contributed by atoms with Crippen LogP contribution in [0.4, 0.5) is 0 Å². The highest BCUT2D eigenvalue weighted by molar-refractivity contribution is 8.80. The normalized spacial score (nSPS) is 10.6. The van der Waals surface area contributed by atoms with Crippen LogP contribution in [0.1, 0.15) is 111 Å². The van der Waals surface area contributed by atoms with E-state index in [1.807, 2.05) is 137 Å². The number of hydrogen-bond acceptors (Lipinski definition) is 6. The second-order valence-corrected chi connectivity index (χ2v) is 66.8. The molecule has 0 amide bonds. The van der Waals surface area contributed by atoms with Crippen molar-refractivity contribution in [2.45, 2.75) is 112 Å². The minimum absolute atomic E-state index is 0.0226. The quantitative estimate of drug-likeness (QED) is 0.216. The molecule has 1 heterocycles. The lowest BCUT2D eigenvalue weighted by Crippen LogP contribution is -2.16. The van der Waals surface area contributed by atoms with Crippen molar-refractivity contribution in [2.75, 3.05) is 7.11 Å². The second-order valence-electron chi connectivity index (χ2n) is 17.2. The fourth-order valence-corrected chi connectivity index (χ4v) is 76.3. The summed E-state index contributed by atoms with van der Waals surface area (Å²) in [5, 5.41) is 9.72. The molecule has 0 fully saturated rings. The van der Waals surface area contributed by atoms with Gasteiger partial charge < -0.3 is 14.3 Å². The van der Waals surface area contributed by atoms with E-state index < -0.39 is 0 Å². The van der Waals surface area contributed by atoms with E-state index in [0.29, 0.717) is 11.6 Å². The van der Waals surface area contributed by atoms with Crippen molar-refractivity contribution >= 4 is 282 Å². The van der Waals surface area contributed by atoms with Crippen molar-refractivity contribution in [3.8, 4) is 23.0 Å². The first-order chi connectivity index (χ1) is 33.5. The Morgan fingerprint density at radius 2 is 0.789 bits per heavy atom. The van der Waals surface area contributed by atoms with Crippen LogP contribution in [-0.4, -0.2) is 17.2 Å². The number of oxazole rings is 1. The van der Waals surface area contributed by atoms with Gasteiger partial charge in [0.2, 0.25) is 5.89 Å². The Bertz CT molecular complexity index is 3710. The highest BCUT2D eigenvalue weighted by Crippen LogP contribution is 2.38. The molecule has 402 valence electrons. The number of aromatic nitrogens is 1. The lowest BCUT2D eigenvalue weighted by atomic mass is 9.80. The van der Waals surface area contributed by atoms with Gasteiger partial charge in [0.1, 0.15) is 17.0 Å². The zero-order valence-corrected chi connectivity index (χ0v) is 64.6. The SMILES string of the molecule is CC(C)(C)c1cc(O)cc(C(C)(C)C)c1.COc1ccc(-c2nc3cc(C(C)(C)C)cc(C(C)(C)C)c3o2)c(C)c1.S=S=S=S=S=S=S=S=S=S=S=S=S=S=S=S=S=S=S=S=S=S=S=S=S=S=S=S=S=S. The summed E-state index contributed by atoms with van der Waals surface area (Å²) in [5.74, 6) is 1.87. The Morgan fingerprint density at radius 1 is 0.451 bits per heavy atom. The maximum atomic E-state index is 9.72. The molecule has 34 heteroatoms. The van der Waals surface area contributed by atoms with E-state index in [-0.39, 0.29) is 21.7 Å². The van der Waals surface area contributed by atoms with Gasteiger partial charge in [0, 0.05) is 282 Å². The molecule has 0 aliphatic carbocycles. The molecule has 0 aliphatic rings. The van der Waals surface area contributed by atoms with E-state index in [9.17, 15) is 5.11 Å². The fourth-order valence-electron chi connectivity index (χ4n) is 4.91. The molecule has 71 heavy (non-hydrogen) atoms. The summed E-state index contributed by atoms with van der Waals surface area (Å²) >= 11 is 9.57. The van der Waals surface area contributed by atoms with E-state index in [1.165, 1.54) is 40.0 Å². The first-order valence-corrected chi connectivity index (χ1v) is 58.1. The first-order valence-electron chi connectivity index (χ1n) is 19.4. The molecule has 0 saturated heterocycles. The van der Waals surface area contributed by atoms with Gasteiger partial charge in [-0.25, -0.2) is 4.98 Å². The zero-order chi connectivity index (χ0) is 52.9. The molecule has 1 N–H and O–H groups in total. The molecular formula is C37H51NO3S30. The third-order valence-electron chi connectivity index (χ3n) is 8.23. The Kier molecular flexibility index (Phi) is 38.6. The molecule has 4 nitrogen and oxygen atoms in total. The first kappa shape index (κ1) is 70.4. The Hall–Kier alpha value is 3.33. The number of hydrogen-bond donors (Lipinski definition) is 1. The number of phenolic OH excluding ortho intramolecular Hbond substituents is 1. The molecule has 4 rings (SSSR count). The number of methoxy groups -OCH3 is 1. The number of phenols is 1. The van der Waals surface area contributed by atoms with Crippen molar-refractivity contribution in [3.63, 3.8) is 0 Å². The van der Waals surface area contributed by atoms with Crippen LogP contribution in [0.5, 0.6) is 11.5 Å². The largest absolute Gasteiger partial charge is 0.508 e. The lowest BCUT2D eigenvalue weighted by Gasteiger charge is -2.25. The number of ether oxygens (including phenoxy) is 1. The third-order valence-corrected chi connectivity index (χ3v) is 68.2. The monoisotopic (exact) mass is 1520 g/mol. The Labute approximate surface area is 510 Å². The maximum absolute atomic E-state index is 9.72. The summed E-state index contributed by atoms with van der Waals surface area (Å²) in [4.78, 5) is 4.84. The highest BCUT2D eigenvalue weighted by atomic mass is 33.5. The smallest absolute Gasteiger partial charge is 0.227 e.